The number of hydrogen-bond donors (Lipinski definition) is 1. The Bertz CT molecular complexity index is 1020. The van der Waals surface area contributed by atoms with Gasteiger partial charge in [0.2, 0.25) is 0 Å². The quantitative estimate of drug-likeness (QED) is 0.724. The molecule has 1 N–H and O–H groups in total. The van der Waals surface area contributed by atoms with Crippen LogP contribution in [0.15, 0.2) is 67.0 Å². The molecule has 1 aliphatic heterocycles. The maximum atomic E-state index is 13.1. The van der Waals surface area contributed by atoms with Gasteiger partial charge in [-0.3, -0.25) is 4.79 Å². The minimum atomic E-state index is -0.374. The number of anilines is 1. The number of nitrogens with zero attached hydrogens (tertiary/aromatic N) is 4. The van der Waals surface area contributed by atoms with Crippen molar-refractivity contribution < 1.29 is 14.0 Å². The van der Waals surface area contributed by atoms with Gasteiger partial charge in [0.1, 0.15) is 5.82 Å². The standard InChI is InChI=1S/C22H22FN5O2/c23-18-9-7-17(8-10-18)21(29)26-12-4-13-27(16-15-26)22(30)25-19-5-1-2-6-20(19)28-14-3-11-24-28/h1-3,5-11,14H,4,12-13,15-16H2,(H,25,30). The smallest absolute Gasteiger partial charge is 0.321 e. The van der Waals surface area contributed by atoms with E-state index in [2.05, 4.69) is 10.4 Å². The first-order valence-corrected chi connectivity index (χ1v) is 9.81. The number of carbonyl (C=O) groups excluding carboxylic acids is 2. The van der Waals surface area contributed by atoms with Crippen LogP contribution in [0.1, 0.15) is 16.8 Å². The van der Waals surface area contributed by atoms with Gasteiger partial charge in [0.15, 0.2) is 0 Å². The van der Waals surface area contributed by atoms with Crippen LogP contribution in [-0.2, 0) is 0 Å². The normalized spacial score (nSPS) is 14.3. The second-order valence-electron chi connectivity index (χ2n) is 7.04. The number of urea groups is 1. The highest BCUT2D eigenvalue weighted by atomic mass is 19.1. The molecule has 2 heterocycles. The fraction of sp³-hybridized carbons (Fsp3) is 0.227. The average Bonchev–Trinajstić information content (AvgIpc) is 3.18. The van der Waals surface area contributed by atoms with Gasteiger partial charge in [-0.05, 0) is 48.9 Å². The lowest BCUT2D eigenvalue weighted by Crippen LogP contribution is -2.39. The van der Waals surface area contributed by atoms with Crippen LogP contribution in [0.3, 0.4) is 0 Å². The lowest BCUT2D eigenvalue weighted by Gasteiger charge is -2.23. The van der Waals surface area contributed by atoms with E-state index in [1.165, 1.54) is 24.3 Å². The van der Waals surface area contributed by atoms with E-state index < -0.39 is 0 Å². The Labute approximate surface area is 173 Å². The van der Waals surface area contributed by atoms with E-state index >= 15 is 0 Å². The van der Waals surface area contributed by atoms with Crippen molar-refractivity contribution in [2.75, 3.05) is 31.5 Å². The van der Waals surface area contributed by atoms with Crippen molar-refractivity contribution in [3.63, 3.8) is 0 Å². The molecule has 0 atom stereocenters. The molecule has 1 aliphatic rings. The summed E-state index contributed by atoms with van der Waals surface area (Å²) in [4.78, 5) is 29.0. The van der Waals surface area contributed by atoms with E-state index in [0.717, 1.165) is 5.69 Å². The Kier molecular flexibility index (Phi) is 5.74. The fourth-order valence-electron chi connectivity index (χ4n) is 3.48. The zero-order valence-electron chi connectivity index (χ0n) is 16.4. The summed E-state index contributed by atoms with van der Waals surface area (Å²) in [6.45, 7) is 1.93. The molecule has 4 rings (SSSR count). The number of hydrogen-bond acceptors (Lipinski definition) is 3. The van der Waals surface area contributed by atoms with Gasteiger partial charge in [0.05, 0.1) is 11.4 Å². The topological polar surface area (TPSA) is 70.5 Å². The van der Waals surface area contributed by atoms with Gasteiger partial charge >= 0.3 is 6.03 Å². The molecule has 1 fully saturated rings. The average molecular weight is 407 g/mol. The van der Waals surface area contributed by atoms with Gasteiger partial charge in [-0.15, -0.1) is 0 Å². The van der Waals surface area contributed by atoms with Crippen molar-refractivity contribution in [2.24, 2.45) is 0 Å². The predicted octanol–water partition coefficient (Wildman–Crippen LogP) is 3.39. The first-order chi connectivity index (χ1) is 14.6. The zero-order valence-corrected chi connectivity index (χ0v) is 16.4. The minimum absolute atomic E-state index is 0.152. The van der Waals surface area contributed by atoms with E-state index in [0.29, 0.717) is 43.9 Å². The van der Waals surface area contributed by atoms with Crippen LogP contribution in [-0.4, -0.2) is 57.7 Å². The summed E-state index contributed by atoms with van der Waals surface area (Å²) in [6, 6.07) is 14.6. The second-order valence-corrected chi connectivity index (χ2v) is 7.04. The number of aromatic nitrogens is 2. The number of nitrogens with one attached hydrogen (secondary N) is 1. The van der Waals surface area contributed by atoms with Gasteiger partial charge in [-0.2, -0.15) is 5.10 Å². The van der Waals surface area contributed by atoms with E-state index in [9.17, 15) is 14.0 Å². The molecule has 0 aliphatic carbocycles. The molecular weight excluding hydrogens is 385 g/mol. The third-order valence-electron chi connectivity index (χ3n) is 5.06. The summed E-state index contributed by atoms with van der Waals surface area (Å²) >= 11 is 0. The predicted molar refractivity (Wildman–Crippen MR) is 111 cm³/mol. The molecule has 0 spiro atoms. The molecule has 0 radical (unpaired) electrons. The molecule has 2 aromatic carbocycles. The summed E-state index contributed by atoms with van der Waals surface area (Å²) in [5.41, 5.74) is 1.89. The first-order valence-electron chi connectivity index (χ1n) is 9.81. The third kappa shape index (κ3) is 4.32. The highest BCUT2D eigenvalue weighted by molar-refractivity contribution is 5.94. The molecule has 1 aromatic heterocycles. The largest absolute Gasteiger partial charge is 0.337 e. The minimum Gasteiger partial charge on any atom is -0.337 e. The van der Waals surface area contributed by atoms with E-state index in [4.69, 9.17) is 0 Å². The van der Waals surface area contributed by atoms with Crippen LogP contribution >= 0.6 is 0 Å². The number of halogens is 1. The maximum Gasteiger partial charge on any atom is 0.321 e. The second kappa shape index (κ2) is 8.77. The number of amides is 3. The number of carbonyl (C=O) groups is 2. The van der Waals surface area contributed by atoms with Gasteiger partial charge in [0, 0.05) is 44.1 Å². The van der Waals surface area contributed by atoms with Gasteiger partial charge < -0.3 is 15.1 Å². The fourth-order valence-corrected chi connectivity index (χ4v) is 3.48. The van der Waals surface area contributed by atoms with Crippen molar-refractivity contribution in [3.8, 4) is 5.69 Å². The van der Waals surface area contributed by atoms with Crippen LogP contribution in [0.25, 0.3) is 5.69 Å². The van der Waals surface area contributed by atoms with Crippen molar-refractivity contribution in [1.29, 1.82) is 0 Å². The van der Waals surface area contributed by atoms with Crippen LogP contribution in [0.5, 0.6) is 0 Å². The van der Waals surface area contributed by atoms with Crippen molar-refractivity contribution in [1.82, 2.24) is 19.6 Å². The highest BCUT2D eigenvalue weighted by Gasteiger charge is 2.23. The molecule has 0 unspecified atom stereocenters. The maximum absolute atomic E-state index is 13.1. The van der Waals surface area contributed by atoms with Gasteiger partial charge in [-0.1, -0.05) is 12.1 Å². The molecule has 30 heavy (non-hydrogen) atoms. The van der Waals surface area contributed by atoms with E-state index in [1.54, 1.807) is 20.7 Å². The Hall–Kier alpha value is -3.68. The summed E-state index contributed by atoms with van der Waals surface area (Å²) in [6.07, 6.45) is 4.16. The lowest BCUT2D eigenvalue weighted by atomic mass is 10.2. The van der Waals surface area contributed by atoms with Crippen molar-refractivity contribution >= 4 is 17.6 Å². The summed E-state index contributed by atoms with van der Waals surface area (Å²) in [5, 5.41) is 7.19. The van der Waals surface area contributed by atoms with Gasteiger partial charge in [0.25, 0.3) is 5.91 Å². The van der Waals surface area contributed by atoms with Crippen molar-refractivity contribution in [3.05, 3.63) is 78.4 Å². The summed E-state index contributed by atoms with van der Waals surface area (Å²) < 4.78 is 14.8. The molecule has 154 valence electrons. The lowest BCUT2D eigenvalue weighted by molar-refractivity contribution is 0.0762. The summed E-state index contributed by atoms with van der Waals surface area (Å²) in [5.74, 6) is -0.526. The van der Waals surface area contributed by atoms with Crippen LogP contribution in [0.2, 0.25) is 0 Å². The molecular formula is C22H22FN5O2. The molecule has 0 saturated carbocycles. The summed E-state index contributed by atoms with van der Waals surface area (Å²) in [7, 11) is 0. The third-order valence-corrected chi connectivity index (χ3v) is 5.06. The zero-order chi connectivity index (χ0) is 20.9. The highest BCUT2D eigenvalue weighted by Crippen LogP contribution is 2.20. The molecule has 3 aromatic rings. The van der Waals surface area contributed by atoms with Crippen molar-refractivity contribution in [2.45, 2.75) is 6.42 Å². The van der Waals surface area contributed by atoms with E-state index in [-0.39, 0.29) is 17.8 Å². The monoisotopic (exact) mass is 407 g/mol. The molecule has 7 nitrogen and oxygen atoms in total. The van der Waals surface area contributed by atoms with Gasteiger partial charge in [-0.25, -0.2) is 13.9 Å². The Balaban J connectivity index is 1.41. The first kappa shape index (κ1) is 19.6. The number of para-hydroxylation sites is 2. The number of rotatable bonds is 3. The van der Waals surface area contributed by atoms with Crippen LogP contribution in [0, 0.1) is 5.82 Å². The Morgan fingerprint density at radius 2 is 1.63 bits per heavy atom. The van der Waals surface area contributed by atoms with E-state index in [1.807, 2.05) is 36.5 Å². The molecule has 8 heteroatoms. The SMILES string of the molecule is O=C(Nc1ccccc1-n1cccn1)N1CCCN(C(=O)c2ccc(F)cc2)CC1. The van der Waals surface area contributed by atoms with Crippen LogP contribution < -0.4 is 5.32 Å². The molecule has 1 saturated heterocycles. The molecule has 0 bridgehead atoms. The number of benzene rings is 2. The Morgan fingerprint density at radius 3 is 2.40 bits per heavy atom. The Morgan fingerprint density at radius 1 is 0.900 bits per heavy atom. The molecule has 3 amide bonds. The van der Waals surface area contributed by atoms with Crippen LogP contribution in [0.4, 0.5) is 14.9 Å².